The van der Waals surface area contributed by atoms with Crippen LogP contribution in [0.1, 0.15) is 105 Å². The summed E-state index contributed by atoms with van der Waals surface area (Å²) >= 11 is 0. The molecule has 4 nitrogen and oxygen atoms in total. The molecule has 0 fully saturated rings. The van der Waals surface area contributed by atoms with Gasteiger partial charge in [0.1, 0.15) is 39.2 Å². The second-order valence-electron chi connectivity index (χ2n) is 32.9. The first-order valence-corrected chi connectivity index (χ1v) is 36.4. The smallest absolute Gasteiger partial charge is 0.252 e. The van der Waals surface area contributed by atoms with Crippen LogP contribution in [0.3, 0.4) is 0 Å². The van der Waals surface area contributed by atoms with Crippen molar-refractivity contribution >= 4 is 167 Å². The Kier molecular flexibility index (Phi) is 15.6. The zero-order chi connectivity index (χ0) is 72.4. The van der Waals surface area contributed by atoms with E-state index in [2.05, 4.69) is 357 Å². The molecule has 0 spiro atoms. The lowest BCUT2D eigenvalue weighted by atomic mass is 9.33. The average Bonchev–Trinajstić information content (AvgIpc) is 0.956. The van der Waals surface area contributed by atoms with Crippen LogP contribution in [0.25, 0.3) is 99.5 Å². The van der Waals surface area contributed by atoms with E-state index in [9.17, 15) is 0 Å². The number of para-hydroxylation sites is 5. The van der Waals surface area contributed by atoms with Crippen molar-refractivity contribution in [3.8, 4) is 55.9 Å². The fraction of sp³-hybridized carbons (Fsp3) is 0.170. The summed E-state index contributed by atoms with van der Waals surface area (Å²) in [6.45, 7) is 27.5. The van der Waals surface area contributed by atoms with Crippen LogP contribution < -0.4 is 53.5 Å². The number of nitrogens with zero attached hydrogens (tertiary/aromatic N) is 4. The average molecular weight is 1330 g/mol. The predicted octanol–water partition coefficient (Wildman–Crippen LogP) is 17.8. The molecule has 15 aromatic rings. The van der Waals surface area contributed by atoms with Crippen molar-refractivity contribution in [3.05, 3.63) is 277 Å². The van der Waals surface area contributed by atoms with E-state index in [1.54, 1.807) is 0 Å². The van der Waals surface area contributed by atoms with Crippen LogP contribution in [0.4, 0.5) is 34.1 Å². The first-order chi connectivity index (χ1) is 49.7. The molecular formula is C94H78B6N4. The van der Waals surface area contributed by atoms with Gasteiger partial charge in [-0.05, 0) is 173 Å². The Morgan fingerprint density at radius 1 is 0.269 bits per heavy atom. The summed E-state index contributed by atoms with van der Waals surface area (Å²) in [5, 5.41) is 4.69. The summed E-state index contributed by atoms with van der Waals surface area (Å²) in [5.74, 6) is 0. The molecule has 10 radical (unpaired) electrons. The maximum Gasteiger partial charge on any atom is 0.252 e. The minimum Gasteiger partial charge on any atom is -0.311 e. The summed E-state index contributed by atoms with van der Waals surface area (Å²) in [6.07, 6.45) is 0. The standard InChI is InChI=1S/C94H78B6N4/c1-91(2,3)60-41-45-76(70(52-60)55-26-15-13-16-27-55)103-80-49-56(59-46-61(92(4,5)6)51-62(47-59)93(7,8)9)39-43-71(80)100-72-48-58(83-84(95)86(97)88(99)87(98)85(83)96)40-44-77(72)104(82-54-63(94(10,11)12)53-81(103)89(82)100)90-65(33-25-37-78(90)102-74-35-23-20-30-66(74)67-31-21-24-36-75(67)102)57-38-42-69-68-32-19-22-34-73(68)101(79(69)50-57)64-28-17-14-18-29-64/h13-54H,1-12H3. The maximum atomic E-state index is 7.22. The topological polar surface area (TPSA) is 16.3 Å². The van der Waals surface area contributed by atoms with Crippen molar-refractivity contribution in [1.29, 1.82) is 0 Å². The van der Waals surface area contributed by atoms with E-state index < -0.39 is 0 Å². The van der Waals surface area contributed by atoms with E-state index >= 15 is 0 Å². The van der Waals surface area contributed by atoms with Gasteiger partial charge in [0, 0.05) is 61.1 Å². The summed E-state index contributed by atoms with van der Waals surface area (Å²) in [7, 11) is 34.8. The minimum absolute atomic E-state index is 0.120. The Morgan fingerprint density at radius 3 is 1.37 bits per heavy atom. The molecule has 0 saturated heterocycles. The van der Waals surface area contributed by atoms with E-state index in [0.29, 0.717) is 5.56 Å². The second-order valence-corrected chi connectivity index (χ2v) is 32.9. The van der Waals surface area contributed by atoms with Crippen LogP contribution in [-0.4, -0.2) is 55.1 Å². The van der Waals surface area contributed by atoms with Crippen molar-refractivity contribution in [3.63, 3.8) is 0 Å². The first kappa shape index (κ1) is 66.7. The molecule has 0 amide bonds. The second kappa shape index (κ2) is 24.3. The predicted molar refractivity (Wildman–Crippen MR) is 453 cm³/mol. The lowest BCUT2D eigenvalue weighted by Gasteiger charge is -2.46. The highest BCUT2D eigenvalue weighted by atomic mass is 15.2. The van der Waals surface area contributed by atoms with Gasteiger partial charge in [0.15, 0.2) is 0 Å². The molecule has 0 N–H and O–H groups in total. The maximum absolute atomic E-state index is 7.22. The van der Waals surface area contributed by atoms with Gasteiger partial charge in [0.2, 0.25) is 0 Å². The van der Waals surface area contributed by atoms with Crippen LogP contribution in [0.15, 0.2) is 255 Å². The Labute approximate surface area is 619 Å². The Morgan fingerprint density at radius 2 is 0.769 bits per heavy atom. The molecule has 0 aliphatic carbocycles. The Balaban J connectivity index is 1.05. The lowest BCUT2D eigenvalue weighted by Crippen LogP contribution is -2.61. The number of aromatic nitrogens is 2. The number of hydrogen-bond acceptors (Lipinski definition) is 2. The van der Waals surface area contributed by atoms with Gasteiger partial charge in [-0.3, -0.25) is 0 Å². The van der Waals surface area contributed by atoms with Gasteiger partial charge in [-0.1, -0.05) is 270 Å². The van der Waals surface area contributed by atoms with Gasteiger partial charge < -0.3 is 18.9 Å². The van der Waals surface area contributed by atoms with E-state index in [0.717, 1.165) is 117 Å². The highest BCUT2D eigenvalue weighted by Crippen LogP contribution is 2.54. The first-order valence-electron chi connectivity index (χ1n) is 36.4. The zero-order valence-electron chi connectivity index (χ0n) is 61.5. The molecule has 10 heteroatoms. The highest BCUT2D eigenvalue weighted by Gasteiger charge is 2.46. The number of hydrogen-bond donors (Lipinski definition) is 0. The van der Waals surface area contributed by atoms with Crippen molar-refractivity contribution in [2.45, 2.75) is 105 Å². The number of anilines is 6. The van der Waals surface area contributed by atoms with Crippen LogP contribution in [-0.2, 0) is 21.7 Å². The normalized spacial score (nSPS) is 13.1. The molecule has 4 heterocycles. The van der Waals surface area contributed by atoms with E-state index in [1.807, 2.05) is 0 Å². The molecule has 492 valence electrons. The monoisotopic (exact) mass is 1330 g/mol. The molecule has 0 bridgehead atoms. The number of benzene rings is 13. The Bertz CT molecular complexity index is 5940. The summed E-state index contributed by atoms with van der Waals surface area (Å²) < 4.78 is 4.92. The summed E-state index contributed by atoms with van der Waals surface area (Å²) in [4.78, 5) is 5.23. The van der Waals surface area contributed by atoms with Crippen molar-refractivity contribution in [2.75, 3.05) is 9.80 Å². The fourth-order valence-corrected chi connectivity index (χ4v) is 16.5. The number of rotatable bonds is 8. The van der Waals surface area contributed by atoms with Gasteiger partial charge in [-0.2, -0.15) is 0 Å². The van der Waals surface area contributed by atoms with Crippen LogP contribution in [0.2, 0.25) is 0 Å². The fourth-order valence-electron chi connectivity index (χ4n) is 16.5. The SMILES string of the molecule is [B]c1c([B])c([B])c(-c2ccc3c(c2)B2c4ccc(-c5cc(C(C)(C)C)cc(C(C)(C)C)c5)cc4N(c4ccc(C(C)(C)C)cc4-c4ccccc4)c4cc(C(C)(C)C)cc(c42)N3c2c(-c3ccc4c5ccccc5n(-c5ccccc5)c4c3)cccc2-n2c3ccccc3c3ccccc32)c([B])c1[B]. The molecule has 13 aromatic carbocycles. The zero-order valence-corrected chi connectivity index (χ0v) is 61.5. The minimum atomic E-state index is -0.381. The van der Waals surface area contributed by atoms with Crippen LogP contribution in [0.5, 0.6) is 0 Å². The number of fused-ring (bicyclic) bond motifs is 10. The molecule has 2 aliphatic heterocycles. The quantitative estimate of drug-likeness (QED) is 0.141. The van der Waals surface area contributed by atoms with Gasteiger partial charge in [0.05, 0.1) is 39.1 Å². The molecular weight excluding hydrogens is 1250 g/mol. The van der Waals surface area contributed by atoms with Crippen molar-refractivity contribution < 1.29 is 0 Å². The molecule has 2 aromatic heterocycles. The van der Waals surface area contributed by atoms with Crippen molar-refractivity contribution in [2.24, 2.45) is 0 Å². The molecule has 0 atom stereocenters. The van der Waals surface area contributed by atoms with Gasteiger partial charge >= 0.3 is 0 Å². The molecule has 17 rings (SSSR count). The summed E-state index contributed by atoms with van der Waals surface area (Å²) in [6, 6.07) is 95.7. The largest absolute Gasteiger partial charge is 0.311 e. The van der Waals surface area contributed by atoms with Gasteiger partial charge in [-0.25, -0.2) is 0 Å². The third-order valence-corrected chi connectivity index (χ3v) is 22.2. The van der Waals surface area contributed by atoms with E-state index in [4.69, 9.17) is 39.2 Å². The van der Waals surface area contributed by atoms with Crippen LogP contribution >= 0.6 is 0 Å². The highest BCUT2D eigenvalue weighted by molar-refractivity contribution is 7.00. The van der Waals surface area contributed by atoms with Gasteiger partial charge in [0.25, 0.3) is 6.71 Å². The molecule has 2 aliphatic rings. The molecule has 104 heavy (non-hydrogen) atoms. The van der Waals surface area contributed by atoms with Crippen LogP contribution in [0, 0.1) is 0 Å². The van der Waals surface area contributed by atoms with E-state index in [-0.39, 0.29) is 55.7 Å². The van der Waals surface area contributed by atoms with Gasteiger partial charge in [-0.15, -0.1) is 16.4 Å². The lowest BCUT2D eigenvalue weighted by molar-refractivity contribution is 0.569. The third-order valence-electron chi connectivity index (χ3n) is 22.2. The Hall–Kier alpha value is -10.6. The van der Waals surface area contributed by atoms with Crippen molar-refractivity contribution in [1.82, 2.24) is 9.13 Å². The third kappa shape index (κ3) is 10.7. The van der Waals surface area contributed by atoms with E-state index in [1.165, 1.54) is 49.4 Å². The summed E-state index contributed by atoms with van der Waals surface area (Å²) in [5.41, 5.74) is 29.5. The molecule has 0 unspecified atom stereocenters. The molecule has 0 saturated carbocycles.